The summed E-state index contributed by atoms with van der Waals surface area (Å²) in [5, 5.41) is 14.9. The third-order valence-electron chi connectivity index (χ3n) is 2.60. The Morgan fingerprint density at radius 2 is 2.35 bits per heavy atom. The number of esters is 1. The molecule has 17 heavy (non-hydrogen) atoms. The molecule has 4 nitrogen and oxygen atoms in total. The summed E-state index contributed by atoms with van der Waals surface area (Å²) < 4.78 is 4.52. The molecule has 0 aliphatic rings. The number of rotatable bonds is 6. The van der Waals surface area contributed by atoms with Gasteiger partial charge < -0.3 is 15.2 Å². The van der Waals surface area contributed by atoms with Crippen LogP contribution < -0.4 is 5.32 Å². The van der Waals surface area contributed by atoms with Gasteiger partial charge in [0.25, 0.3) is 0 Å². The average molecular weight is 257 g/mol. The molecular formula is C12H19NO3S. The van der Waals surface area contributed by atoms with Gasteiger partial charge in [-0.05, 0) is 30.4 Å². The van der Waals surface area contributed by atoms with Crippen LogP contribution in [0.25, 0.3) is 0 Å². The summed E-state index contributed by atoms with van der Waals surface area (Å²) in [6.45, 7) is 4.39. The molecule has 0 saturated carbocycles. The van der Waals surface area contributed by atoms with Crippen molar-refractivity contribution in [1.29, 1.82) is 0 Å². The highest BCUT2D eigenvalue weighted by Gasteiger charge is 2.30. The van der Waals surface area contributed by atoms with E-state index in [4.69, 9.17) is 0 Å². The van der Waals surface area contributed by atoms with Crippen molar-refractivity contribution in [3.8, 4) is 0 Å². The van der Waals surface area contributed by atoms with Gasteiger partial charge in [-0.15, -0.1) is 11.3 Å². The van der Waals surface area contributed by atoms with Crippen molar-refractivity contribution < 1.29 is 14.6 Å². The molecule has 0 bridgehead atoms. The standard InChI is InChI=1S/C12H19NO3S/c1-4-9-5-6-17-10(9)7-13-8-12(2,15)11(14)16-3/h5-6,13,15H,4,7-8H2,1-3H3. The first-order valence-corrected chi connectivity index (χ1v) is 6.46. The second-order valence-corrected chi connectivity index (χ2v) is 5.09. The Labute approximate surface area is 106 Å². The van der Waals surface area contributed by atoms with Crippen LogP contribution in [0.4, 0.5) is 0 Å². The molecular weight excluding hydrogens is 238 g/mol. The molecule has 1 heterocycles. The monoisotopic (exact) mass is 257 g/mol. The van der Waals surface area contributed by atoms with Crippen molar-refractivity contribution in [2.24, 2.45) is 0 Å². The normalized spacial score (nSPS) is 14.4. The quantitative estimate of drug-likeness (QED) is 0.755. The van der Waals surface area contributed by atoms with E-state index in [-0.39, 0.29) is 6.54 Å². The molecule has 1 atom stereocenters. The summed E-state index contributed by atoms with van der Waals surface area (Å²) in [5.41, 5.74) is -0.168. The van der Waals surface area contributed by atoms with E-state index in [0.717, 1.165) is 6.42 Å². The summed E-state index contributed by atoms with van der Waals surface area (Å²) in [4.78, 5) is 12.5. The highest BCUT2D eigenvalue weighted by atomic mass is 32.1. The molecule has 0 aliphatic heterocycles. The molecule has 0 spiro atoms. The number of aliphatic hydroxyl groups is 1. The Kier molecular flexibility index (Phi) is 5.11. The number of carbonyl (C=O) groups is 1. The molecule has 2 N–H and O–H groups in total. The fraction of sp³-hybridized carbons (Fsp3) is 0.583. The van der Waals surface area contributed by atoms with Crippen molar-refractivity contribution in [3.05, 3.63) is 21.9 Å². The maximum atomic E-state index is 11.2. The van der Waals surface area contributed by atoms with Gasteiger partial charge in [0.15, 0.2) is 5.60 Å². The van der Waals surface area contributed by atoms with E-state index in [9.17, 15) is 9.90 Å². The average Bonchev–Trinajstić information content (AvgIpc) is 2.75. The van der Waals surface area contributed by atoms with Gasteiger partial charge in [-0.2, -0.15) is 0 Å². The fourth-order valence-electron chi connectivity index (χ4n) is 1.55. The zero-order valence-corrected chi connectivity index (χ0v) is 11.3. The second-order valence-electron chi connectivity index (χ2n) is 4.09. The lowest BCUT2D eigenvalue weighted by molar-refractivity contribution is -0.159. The van der Waals surface area contributed by atoms with Crippen LogP contribution in [0, 0.1) is 0 Å². The van der Waals surface area contributed by atoms with Crippen molar-refractivity contribution in [2.45, 2.75) is 32.4 Å². The predicted octanol–water partition coefficient (Wildman–Crippen LogP) is 1.32. The number of hydrogen-bond acceptors (Lipinski definition) is 5. The molecule has 1 unspecified atom stereocenters. The number of ether oxygens (including phenoxy) is 1. The Hall–Kier alpha value is -0.910. The van der Waals surface area contributed by atoms with Crippen LogP contribution in [0.2, 0.25) is 0 Å². The van der Waals surface area contributed by atoms with Crippen molar-refractivity contribution >= 4 is 17.3 Å². The summed E-state index contributed by atoms with van der Waals surface area (Å²) >= 11 is 1.68. The Morgan fingerprint density at radius 1 is 1.65 bits per heavy atom. The third kappa shape index (κ3) is 3.80. The first-order valence-electron chi connectivity index (χ1n) is 5.58. The van der Waals surface area contributed by atoms with Crippen molar-refractivity contribution in [3.63, 3.8) is 0 Å². The van der Waals surface area contributed by atoms with Gasteiger partial charge >= 0.3 is 5.97 Å². The largest absolute Gasteiger partial charge is 0.467 e. The van der Waals surface area contributed by atoms with Crippen LogP contribution in [-0.2, 0) is 22.5 Å². The van der Waals surface area contributed by atoms with E-state index in [0.29, 0.717) is 6.54 Å². The molecule has 1 aromatic heterocycles. The highest BCUT2D eigenvalue weighted by Crippen LogP contribution is 2.17. The SMILES string of the molecule is CCc1ccsc1CNCC(C)(O)C(=O)OC. The number of thiophene rings is 1. The highest BCUT2D eigenvalue weighted by molar-refractivity contribution is 7.10. The maximum absolute atomic E-state index is 11.2. The van der Waals surface area contributed by atoms with E-state index >= 15 is 0 Å². The van der Waals surface area contributed by atoms with E-state index < -0.39 is 11.6 Å². The maximum Gasteiger partial charge on any atom is 0.338 e. The van der Waals surface area contributed by atoms with Crippen molar-refractivity contribution in [2.75, 3.05) is 13.7 Å². The number of carbonyl (C=O) groups excluding carboxylic acids is 1. The van der Waals surface area contributed by atoms with Gasteiger partial charge in [0.1, 0.15) is 0 Å². The molecule has 0 amide bonds. The zero-order chi connectivity index (χ0) is 12.9. The van der Waals surface area contributed by atoms with Gasteiger partial charge in [-0.1, -0.05) is 6.92 Å². The smallest absolute Gasteiger partial charge is 0.338 e. The van der Waals surface area contributed by atoms with E-state index in [1.807, 2.05) is 5.38 Å². The molecule has 0 fully saturated rings. The second kappa shape index (κ2) is 6.14. The number of hydrogen-bond donors (Lipinski definition) is 2. The minimum Gasteiger partial charge on any atom is -0.467 e. The molecule has 1 rings (SSSR count). The lowest BCUT2D eigenvalue weighted by Crippen LogP contribution is -2.45. The van der Waals surface area contributed by atoms with Gasteiger partial charge in [0.05, 0.1) is 7.11 Å². The van der Waals surface area contributed by atoms with E-state index in [1.165, 1.54) is 24.5 Å². The molecule has 0 aliphatic carbocycles. The minimum absolute atomic E-state index is 0.181. The summed E-state index contributed by atoms with van der Waals surface area (Å²) in [6.07, 6.45) is 0.994. The zero-order valence-electron chi connectivity index (χ0n) is 10.4. The Morgan fingerprint density at radius 3 is 2.94 bits per heavy atom. The van der Waals surface area contributed by atoms with E-state index in [1.54, 1.807) is 11.3 Å². The number of methoxy groups -OCH3 is 1. The van der Waals surface area contributed by atoms with Gasteiger partial charge in [0.2, 0.25) is 0 Å². The van der Waals surface area contributed by atoms with Crippen LogP contribution in [0.3, 0.4) is 0 Å². The first-order chi connectivity index (χ1) is 8.01. The molecule has 0 radical (unpaired) electrons. The van der Waals surface area contributed by atoms with E-state index in [2.05, 4.69) is 23.0 Å². The lowest BCUT2D eigenvalue weighted by atomic mass is 10.1. The van der Waals surface area contributed by atoms with Gasteiger partial charge in [-0.25, -0.2) is 4.79 Å². The number of aryl methyl sites for hydroxylation is 1. The molecule has 1 aromatic rings. The predicted molar refractivity (Wildman–Crippen MR) is 68.0 cm³/mol. The van der Waals surface area contributed by atoms with Gasteiger partial charge in [0, 0.05) is 18.0 Å². The molecule has 0 saturated heterocycles. The number of nitrogens with one attached hydrogen (secondary N) is 1. The van der Waals surface area contributed by atoms with Crippen LogP contribution in [0.1, 0.15) is 24.3 Å². The molecule has 96 valence electrons. The van der Waals surface area contributed by atoms with Crippen LogP contribution >= 0.6 is 11.3 Å². The summed E-state index contributed by atoms with van der Waals surface area (Å²) in [6, 6.07) is 2.10. The topological polar surface area (TPSA) is 58.6 Å². The Balaban J connectivity index is 2.45. The lowest BCUT2D eigenvalue weighted by Gasteiger charge is -2.20. The fourth-order valence-corrected chi connectivity index (χ4v) is 2.49. The van der Waals surface area contributed by atoms with Gasteiger partial charge in [-0.3, -0.25) is 0 Å². The Bertz CT molecular complexity index is 374. The first kappa shape index (κ1) is 14.2. The van der Waals surface area contributed by atoms with Crippen LogP contribution in [0.15, 0.2) is 11.4 Å². The van der Waals surface area contributed by atoms with Crippen LogP contribution in [-0.4, -0.2) is 30.3 Å². The van der Waals surface area contributed by atoms with Crippen molar-refractivity contribution in [1.82, 2.24) is 5.32 Å². The minimum atomic E-state index is -1.47. The summed E-state index contributed by atoms with van der Waals surface area (Å²) in [5.74, 6) is -0.619. The molecule has 5 heteroatoms. The molecule has 0 aromatic carbocycles. The summed E-state index contributed by atoms with van der Waals surface area (Å²) in [7, 11) is 1.27. The van der Waals surface area contributed by atoms with Crippen LogP contribution in [0.5, 0.6) is 0 Å². The third-order valence-corrected chi connectivity index (χ3v) is 3.56.